The Hall–Kier alpha value is -1.69. The molecule has 3 heterocycles. The van der Waals surface area contributed by atoms with Crippen molar-refractivity contribution in [2.45, 2.75) is 46.1 Å². The molecule has 1 aliphatic rings. The fraction of sp³-hybridized carbons (Fsp3) is 0.706. The molecule has 1 fully saturated rings. The summed E-state index contributed by atoms with van der Waals surface area (Å²) in [7, 11) is 2.16. The van der Waals surface area contributed by atoms with Crippen molar-refractivity contribution in [3.8, 4) is 0 Å². The van der Waals surface area contributed by atoms with Crippen LogP contribution in [0.25, 0.3) is 5.65 Å². The molecule has 0 aromatic carbocycles. The molecule has 1 aliphatic heterocycles. The van der Waals surface area contributed by atoms with Gasteiger partial charge in [0, 0.05) is 26.2 Å². The largest absolute Gasteiger partial charge is 0.371 e. The smallest absolute Gasteiger partial charge is 0.200 e. The van der Waals surface area contributed by atoms with Gasteiger partial charge in [0.15, 0.2) is 0 Å². The summed E-state index contributed by atoms with van der Waals surface area (Å²) in [4.78, 5) is 4.89. The number of hydrogen-bond donors (Lipinski definition) is 0. The SMILES string of the molecule is CC(C)c1cc(N(C)CC2CCN(C(C)C)C2)c2nncn2n1. The molecule has 1 saturated heterocycles. The molecule has 0 N–H and O–H groups in total. The monoisotopic (exact) mass is 316 g/mol. The maximum atomic E-state index is 4.60. The van der Waals surface area contributed by atoms with E-state index in [9.17, 15) is 0 Å². The molecular formula is C17H28N6. The molecule has 0 saturated carbocycles. The number of fused-ring (bicyclic) bond motifs is 1. The molecule has 6 heteroatoms. The second-order valence-electron chi connectivity index (χ2n) is 7.33. The zero-order valence-electron chi connectivity index (χ0n) is 14.9. The van der Waals surface area contributed by atoms with Crippen LogP contribution < -0.4 is 4.90 Å². The van der Waals surface area contributed by atoms with Crippen LogP contribution in [0.3, 0.4) is 0 Å². The molecule has 2 aromatic rings. The lowest BCUT2D eigenvalue weighted by Gasteiger charge is -2.25. The fourth-order valence-electron chi connectivity index (χ4n) is 3.36. The third-order valence-corrected chi connectivity index (χ3v) is 4.85. The van der Waals surface area contributed by atoms with E-state index in [-0.39, 0.29) is 0 Å². The van der Waals surface area contributed by atoms with Crippen LogP contribution >= 0.6 is 0 Å². The second kappa shape index (κ2) is 6.43. The lowest BCUT2D eigenvalue weighted by atomic mass is 10.1. The number of rotatable bonds is 5. The Kier molecular flexibility index (Phi) is 4.53. The Morgan fingerprint density at radius 2 is 2.09 bits per heavy atom. The average molecular weight is 316 g/mol. The molecule has 1 unspecified atom stereocenters. The topological polar surface area (TPSA) is 49.6 Å². The van der Waals surface area contributed by atoms with E-state index in [0.717, 1.165) is 23.6 Å². The van der Waals surface area contributed by atoms with Crippen molar-refractivity contribution in [2.24, 2.45) is 5.92 Å². The quantitative estimate of drug-likeness (QED) is 0.848. The molecule has 23 heavy (non-hydrogen) atoms. The van der Waals surface area contributed by atoms with Gasteiger partial charge in [-0.2, -0.15) is 9.61 Å². The first kappa shape index (κ1) is 16.2. The first-order chi connectivity index (χ1) is 11.0. The van der Waals surface area contributed by atoms with Gasteiger partial charge in [-0.15, -0.1) is 10.2 Å². The Morgan fingerprint density at radius 3 is 2.74 bits per heavy atom. The third kappa shape index (κ3) is 3.32. The van der Waals surface area contributed by atoms with E-state index in [0.29, 0.717) is 17.9 Å². The summed E-state index contributed by atoms with van der Waals surface area (Å²) in [6.45, 7) is 12.3. The van der Waals surface area contributed by atoms with Gasteiger partial charge in [-0.3, -0.25) is 0 Å². The van der Waals surface area contributed by atoms with Crippen molar-refractivity contribution in [1.82, 2.24) is 24.7 Å². The minimum atomic E-state index is 0.386. The minimum Gasteiger partial charge on any atom is -0.371 e. The van der Waals surface area contributed by atoms with Crippen LogP contribution in [0, 0.1) is 5.92 Å². The summed E-state index contributed by atoms with van der Waals surface area (Å²) >= 11 is 0. The van der Waals surface area contributed by atoms with Crippen LogP contribution in [0.15, 0.2) is 12.4 Å². The van der Waals surface area contributed by atoms with Crippen LogP contribution in [-0.2, 0) is 0 Å². The van der Waals surface area contributed by atoms with Crippen molar-refractivity contribution in [3.63, 3.8) is 0 Å². The van der Waals surface area contributed by atoms with Crippen LogP contribution in [0.4, 0.5) is 5.69 Å². The lowest BCUT2D eigenvalue weighted by Crippen LogP contribution is -2.31. The molecule has 1 atom stereocenters. The normalized spacial score (nSPS) is 19.3. The van der Waals surface area contributed by atoms with Gasteiger partial charge >= 0.3 is 0 Å². The molecule has 3 rings (SSSR count). The highest BCUT2D eigenvalue weighted by molar-refractivity contribution is 5.68. The van der Waals surface area contributed by atoms with Gasteiger partial charge in [-0.25, -0.2) is 0 Å². The summed E-state index contributed by atoms with van der Waals surface area (Å²) in [5.74, 6) is 1.10. The highest BCUT2D eigenvalue weighted by Gasteiger charge is 2.26. The van der Waals surface area contributed by atoms with Gasteiger partial charge in [0.25, 0.3) is 0 Å². The number of anilines is 1. The summed E-state index contributed by atoms with van der Waals surface area (Å²) in [6.07, 6.45) is 2.96. The van der Waals surface area contributed by atoms with Gasteiger partial charge in [-0.1, -0.05) is 13.8 Å². The van der Waals surface area contributed by atoms with Crippen molar-refractivity contribution >= 4 is 11.3 Å². The Bertz CT molecular complexity index is 662. The fourth-order valence-corrected chi connectivity index (χ4v) is 3.36. The van der Waals surface area contributed by atoms with Gasteiger partial charge in [0.2, 0.25) is 5.65 Å². The second-order valence-corrected chi connectivity index (χ2v) is 7.33. The van der Waals surface area contributed by atoms with Crippen LogP contribution in [0.5, 0.6) is 0 Å². The molecule has 0 amide bonds. The van der Waals surface area contributed by atoms with Crippen LogP contribution in [0.2, 0.25) is 0 Å². The number of hydrogen-bond acceptors (Lipinski definition) is 5. The summed E-state index contributed by atoms with van der Waals surface area (Å²) in [5, 5.41) is 12.9. The van der Waals surface area contributed by atoms with Crippen LogP contribution in [-0.4, -0.2) is 57.4 Å². The molecule has 0 radical (unpaired) electrons. The number of aromatic nitrogens is 4. The van der Waals surface area contributed by atoms with E-state index in [2.05, 4.69) is 65.9 Å². The lowest BCUT2D eigenvalue weighted by molar-refractivity contribution is 0.266. The summed E-state index contributed by atoms with van der Waals surface area (Å²) in [5.41, 5.74) is 3.05. The minimum absolute atomic E-state index is 0.386. The van der Waals surface area contributed by atoms with Crippen molar-refractivity contribution in [3.05, 3.63) is 18.1 Å². The highest BCUT2D eigenvalue weighted by Crippen LogP contribution is 2.26. The van der Waals surface area contributed by atoms with Crippen molar-refractivity contribution in [1.29, 1.82) is 0 Å². The zero-order valence-corrected chi connectivity index (χ0v) is 14.9. The number of nitrogens with zero attached hydrogens (tertiary/aromatic N) is 6. The van der Waals surface area contributed by atoms with Crippen molar-refractivity contribution < 1.29 is 0 Å². The van der Waals surface area contributed by atoms with E-state index in [1.807, 2.05) is 0 Å². The Balaban J connectivity index is 1.80. The van der Waals surface area contributed by atoms with E-state index in [1.54, 1.807) is 10.8 Å². The molecule has 0 bridgehead atoms. The van der Waals surface area contributed by atoms with Gasteiger partial charge in [0.1, 0.15) is 6.33 Å². The first-order valence-corrected chi connectivity index (χ1v) is 8.62. The summed E-state index contributed by atoms with van der Waals surface area (Å²) < 4.78 is 1.80. The standard InChI is InChI=1S/C17H28N6/c1-12(2)15-8-16(17-19-18-11-23(17)20-15)21(5)9-14-6-7-22(10-14)13(3)4/h8,11-14H,6-7,9-10H2,1-5H3. The highest BCUT2D eigenvalue weighted by atomic mass is 15.4. The van der Waals surface area contributed by atoms with E-state index < -0.39 is 0 Å². The predicted molar refractivity (Wildman–Crippen MR) is 93.0 cm³/mol. The Morgan fingerprint density at radius 1 is 1.30 bits per heavy atom. The maximum Gasteiger partial charge on any atom is 0.200 e. The molecular weight excluding hydrogens is 288 g/mol. The summed E-state index contributed by atoms with van der Waals surface area (Å²) in [6, 6.07) is 2.81. The predicted octanol–water partition coefficient (Wildman–Crippen LogP) is 2.41. The average Bonchev–Trinajstić information content (AvgIpc) is 3.14. The third-order valence-electron chi connectivity index (χ3n) is 4.85. The first-order valence-electron chi connectivity index (χ1n) is 8.62. The zero-order chi connectivity index (χ0) is 16.6. The van der Waals surface area contributed by atoms with Gasteiger partial charge in [-0.05, 0) is 44.7 Å². The van der Waals surface area contributed by atoms with E-state index in [1.165, 1.54) is 19.5 Å². The maximum absolute atomic E-state index is 4.60. The van der Waals surface area contributed by atoms with E-state index in [4.69, 9.17) is 0 Å². The molecule has 2 aromatic heterocycles. The molecule has 126 valence electrons. The van der Waals surface area contributed by atoms with Crippen LogP contribution in [0.1, 0.15) is 45.7 Å². The van der Waals surface area contributed by atoms with Crippen molar-refractivity contribution in [2.75, 3.05) is 31.6 Å². The Labute approximate surface area is 138 Å². The van der Waals surface area contributed by atoms with Gasteiger partial charge < -0.3 is 9.80 Å². The van der Waals surface area contributed by atoms with E-state index >= 15 is 0 Å². The molecule has 0 spiro atoms. The van der Waals surface area contributed by atoms with Gasteiger partial charge in [0.05, 0.1) is 11.4 Å². The molecule has 0 aliphatic carbocycles. The molecule has 6 nitrogen and oxygen atoms in total. The number of likely N-dealkylation sites (tertiary alicyclic amines) is 1.